The minimum atomic E-state index is -4.38. The average molecular weight is 364 g/mol. The molecule has 0 saturated heterocycles. The number of alkyl halides is 3. The molecule has 1 aliphatic rings. The van der Waals surface area contributed by atoms with Crippen molar-refractivity contribution in [2.75, 3.05) is 40.4 Å². The summed E-state index contributed by atoms with van der Waals surface area (Å²) in [6.45, 7) is 2.65. The van der Waals surface area contributed by atoms with Crippen molar-refractivity contribution in [1.82, 2.24) is 15.2 Å². The molecule has 0 atom stereocenters. The molecule has 1 aromatic heterocycles. The number of hydrogen-bond acceptors (Lipinski definition) is 4. The summed E-state index contributed by atoms with van der Waals surface area (Å²) in [4.78, 5) is 9.72. The molecule has 0 aromatic carbocycles. The van der Waals surface area contributed by atoms with Crippen LogP contribution in [-0.4, -0.2) is 56.2 Å². The lowest BCUT2D eigenvalue weighted by atomic mass is 10.4. The van der Waals surface area contributed by atoms with Gasteiger partial charge in [0.05, 0.1) is 11.6 Å². The molecule has 9 heteroatoms. The molecule has 0 amide bonds. The largest absolute Gasteiger partial charge is 0.434 e. The zero-order valence-corrected chi connectivity index (χ0v) is 14.7. The van der Waals surface area contributed by atoms with Crippen LogP contribution in [0.5, 0.6) is 0 Å². The third-order valence-electron chi connectivity index (χ3n) is 3.66. The molecule has 1 aromatic rings. The predicted octanol–water partition coefficient (Wildman–Crippen LogP) is 2.64. The molecular weight excluding hydrogens is 341 g/mol. The predicted molar refractivity (Wildman–Crippen MR) is 88.4 cm³/mol. The molecular formula is C15H23F3N4OS. The minimum Gasteiger partial charge on any atom is -0.379 e. The average Bonchev–Trinajstić information content (AvgIpc) is 3.22. The Morgan fingerprint density at radius 2 is 2.25 bits per heavy atom. The van der Waals surface area contributed by atoms with Crippen LogP contribution >= 0.6 is 11.3 Å². The van der Waals surface area contributed by atoms with E-state index in [1.807, 2.05) is 11.9 Å². The Balaban J connectivity index is 1.67. The molecule has 1 N–H and O–H groups in total. The van der Waals surface area contributed by atoms with Gasteiger partial charge in [0.15, 0.2) is 11.7 Å². The molecule has 1 fully saturated rings. The van der Waals surface area contributed by atoms with Gasteiger partial charge in [-0.05, 0) is 18.8 Å². The number of likely N-dealkylation sites (N-methyl/N-ethyl adjacent to an activating group) is 1. The lowest BCUT2D eigenvalue weighted by molar-refractivity contribution is -0.140. The number of hydrogen-bond donors (Lipinski definition) is 1. The van der Waals surface area contributed by atoms with Crippen LogP contribution in [0.2, 0.25) is 0 Å². The second-order valence-corrected chi connectivity index (χ2v) is 6.73. The summed E-state index contributed by atoms with van der Waals surface area (Å²) < 4.78 is 43.1. The van der Waals surface area contributed by atoms with E-state index >= 15 is 0 Å². The number of aromatic nitrogens is 1. The number of guanidine groups is 1. The Morgan fingerprint density at radius 1 is 1.50 bits per heavy atom. The monoisotopic (exact) mass is 364 g/mol. The Bertz CT molecular complexity index is 543. The van der Waals surface area contributed by atoms with E-state index < -0.39 is 11.9 Å². The van der Waals surface area contributed by atoms with E-state index in [0.717, 1.165) is 29.2 Å². The first-order valence-corrected chi connectivity index (χ1v) is 8.79. The first-order chi connectivity index (χ1) is 11.4. The molecule has 2 rings (SSSR count). The van der Waals surface area contributed by atoms with E-state index in [9.17, 15) is 13.2 Å². The quantitative estimate of drug-likeness (QED) is 0.438. The SMILES string of the molecule is CN=C(NCCc1nc(C(F)(F)F)cs1)N(C)CCOCC1CC1. The van der Waals surface area contributed by atoms with Crippen molar-refractivity contribution in [2.24, 2.45) is 10.9 Å². The number of thiazole rings is 1. The fourth-order valence-electron chi connectivity index (χ4n) is 2.06. The third kappa shape index (κ3) is 6.27. The molecule has 136 valence electrons. The summed E-state index contributed by atoms with van der Waals surface area (Å²) in [6, 6.07) is 0. The maximum Gasteiger partial charge on any atom is 0.434 e. The van der Waals surface area contributed by atoms with Gasteiger partial charge in [-0.2, -0.15) is 13.2 Å². The minimum absolute atomic E-state index is 0.422. The van der Waals surface area contributed by atoms with Crippen molar-refractivity contribution in [1.29, 1.82) is 0 Å². The fourth-order valence-corrected chi connectivity index (χ4v) is 2.87. The summed E-state index contributed by atoms with van der Waals surface area (Å²) in [6.07, 6.45) is -1.41. The van der Waals surface area contributed by atoms with E-state index in [-0.39, 0.29) is 0 Å². The molecule has 24 heavy (non-hydrogen) atoms. The summed E-state index contributed by atoms with van der Waals surface area (Å²) in [5.41, 5.74) is -0.822. The summed E-state index contributed by atoms with van der Waals surface area (Å²) in [5.74, 6) is 1.44. The Kier molecular flexibility index (Phi) is 6.85. The number of aliphatic imine (C=N–C) groups is 1. The number of ether oxygens (including phenoxy) is 1. The molecule has 1 heterocycles. The first-order valence-electron chi connectivity index (χ1n) is 7.91. The van der Waals surface area contributed by atoms with Crippen molar-refractivity contribution in [3.05, 3.63) is 16.1 Å². The molecule has 0 aliphatic heterocycles. The Morgan fingerprint density at radius 3 is 2.83 bits per heavy atom. The van der Waals surface area contributed by atoms with Gasteiger partial charge in [0, 0.05) is 45.6 Å². The van der Waals surface area contributed by atoms with Crippen molar-refractivity contribution in [3.8, 4) is 0 Å². The van der Waals surface area contributed by atoms with Crippen molar-refractivity contribution in [3.63, 3.8) is 0 Å². The van der Waals surface area contributed by atoms with E-state index in [1.54, 1.807) is 7.05 Å². The second kappa shape index (κ2) is 8.66. The van der Waals surface area contributed by atoms with Crippen LogP contribution in [-0.2, 0) is 17.3 Å². The van der Waals surface area contributed by atoms with Crippen molar-refractivity contribution < 1.29 is 17.9 Å². The van der Waals surface area contributed by atoms with Crippen LogP contribution in [0.15, 0.2) is 10.4 Å². The van der Waals surface area contributed by atoms with Crippen LogP contribution in [0, 0.1) is 5.92 Å². The number of halogens is 3. The molecule has 1 aliphatic carbocycles. The highest BCUT2D eigenvalue weighted by Crippen LogP contribution is 2.30. The van der Waals surface area contributed by atoms with Crippen LogP contribution in [0.1, 0.15) is 23.5 Å². The second-order valence-electron chi connectivity index (χ2n) is 5.79. The smallest absolute Gasteiger partial charge is 0.379 e. The third-order valence-corrected chi connectivity index (χ3v) is 4.57. The van der Waals surface area contributed by atoms with Crippen LogP contribution in [0.4, 0.5) is 13.2 Å². The van der Waals surface area contributed by atoms with Gasteiger partial charge in [-0.1, -0.05) is 0 Å². The topological polar surface area (TPSA) is 49.8 Å². The van der Waals surface area contributed by atoms with Crippen molar-refractivity contribution >= 4 is 17.3 Å². The summed E-state index contributed by atoms with van der Waals surface area (Å²) in [7, 11) is 3.58. The maximum absolute atomic E-state index is 12.5. The van der Waals surface area contributed by atoms with Gasteiger partial charge in [0.1, 0.15) is 0 Å². The number of nitrogens with zero attached hydrogens (tertiary/aromatic N) is 3. The molecule has 0 bridgehead atoms. The molecule has 5 nitrogen and oxygen atoms in total. The van der Waals surface area contributed by atoms with Gasteiger partial charge in [-0.25, -0.2) is 4.98 Å². The molecule has 0 unspecified atom stereocenters. The van der Waals surface area contributed by atoms with Gasteiger partial charge in [-0.3, -0.25) is 4.99 Å². The number of rotatable bonds is 8. The zero-order valence-electron chi connectivity index (χ0n) is 13.9. The Hall–Kier alpha value is -1.35. The van der Waals surface area contributed by atoms with Gasteiger partial charge in [0.2, 0.25) is 0 Å². The lowest BCUT2D eigenvalue weighted by Gasteiger charge is -2.21. The highest BCUT2D eigenvalue weighted by Gasteiger charge is 2.33. The van der Waals surface area contributed by atoms with Gasteiger partial charge in [0.25, 0.3) is 0 Å². The van der Waals surface area contributed by atoms with E-state index in [0.29, 0.717) is 37.1 Å². The number of nitrogens with one attached hydrogen (secondary N) is 1. The zero-order chi connectivity index (χ0) is 17.6. The van der Waals surface area contributed by atoms with Crippen LogP contribution in [0.3, 0.4) is 0 Å². The van der Waals surface area contributed by atoms with Crippen LogP contribution < -0.4 is 5.32 Å². The molecule has 0 radical (unpaired) electrons. The van der Waals surface area contributed by atoms with Gasteiger partial charge >= 0.3 is 6.18 Å². The van der Waals surface area contributed by atoms with E-state index in [2.05, 4.69) is 15.3 Å². The fraction of sp³-hybridized carbons (Fsp3) is 0.733. The van der Waals surface area contributed by atoms with Crippen LogP contribution in [0.25, 0.3) is 0 Å². The molecule has 1 saturated carbocycles. The standard InChI is InChI=1S/C15H23F3N4OS/c1-19-14(22(2)7-8-23-9-11-3-4-11)20-6-5-13-21-12(10-24-13)15(16,17)18/h10-11H,3-9H2,1-2H3,(H,19,20). The normalized spacial score (nSPS) is 15.6. The highest BCUT2D eigenvalue weighted by atomic mass is 32.1. The maximum atomic E-state index is 12.5. The Labute approximate surface area is 143 Å². The molecule has 0 spiro atoms. The van der Waals surface area contributed by atoms with E-state index in [4.69, 9.17) is 4.74 Å². The van der Waals surface area contributed by atoms with Gasteiger partial charge < -0.3 is 15.0 Å². The first kappa shape index (κ1) is 19.0. The van der Waals surface area contributed by atoms with Crippen molar-refractivity contribution in [2.45, 2.75) is 25.4 Å². The lowest BCUT2D eigenvalue weighted by Crippen LogP contribution is -2.41. The summed E-state index contributed by atoms with van der Waals surface area (Å²) in [5, 5.41) is 4.64. The van der Waals surface area contributed by atoms with Gasteiger partial charge in [-0.15, -0.1) is 11.3 Å². The summed E-state index contributed by atoms with van der Waals surface area (Å²) >= 11 is 1.02. The van der Waals surface area contributed by atoms with E-state index in [1.165, 1.54) is 12.8 Å². The highest BCUT2D eigenvalue weighted by molar-refractivity contribution is 7.09.